The molecule has 0 spiro atoms. The zero-order valence-corrected chi connectivity index (χ0v) is 8.71. The topological polar surface area (TPSA) is 78.9 Å². The van der Waals surface area contributed by atoms with Crippen LogP contribution in [0, 0.1) is 11.3 Å². The minimum absolute atomic E-state index is 0.220. The summed E-state index contributed by atoms with van der Waals surface area (Å²) in [5.74, 6) is -0.386. The maximum absolute atomic E-state index is 10.5. The molecule has 1 amide bonds. The van der Waals surface area contributed by atoms with Crippen molar-refractivity contribution in [1.29, 1.82) is 5.26 Å². The van der Waals surface area contributed by atoms with Gasteiger partial charge in [0.2, 0.25) is 5.91 Å². The molecule has 78 valence electrons. The van der Waals surface area contributed by atoms with Gasteiger partial charge in [-0.15, -0.1) is 0 Å². The lowest BCUT2D eigenvalue weighted by atomic mass is 10.2. The molecule has 0 bridgehead atoms. The number of carbonyl (C=O) groups is 1. The van der Waals surface area contributed by atoms with Gasteiger partial charge in [0, 0.05) is 13.0 Å². The standard InChI is InChI=1S/C10H10ClN3O/c11-8-2-1-3-9(7(8)6-12)14-5-4-10(13)15/h1-3,14H,4-5H2,(H2,13,15). The monoisotopic (exact) mass is 223 g/mol. The first kappa shape index (κ1) is 11.3. The summed E-state index contributed by atoms with van der Waals surface area (Å²) in [6.45, 7) is 0.393. The van der Waals surface area contributed by atoms with Crippen LogP contribution in [0.4, 0.5) is 5.69 Å². The number of primary amides is 1. The first-order chi connectivity index (χ1) is 7.15. The highest BCUT2D eigenvalue weighted by atomic mass is 35.5. The Hall–Kier alpha value is -1.73. The molecular formula is C10H10ClN3O. The van der Waals surface area contributed by atoms with Gasteiger partial charge in [0.15, 0.2) is 0 Å². The molecule has 0 aliphatic heterocycles. The van der Waals surface area contributed by atoms with Gasteiger partial charge in [-0.1, -0.05) is 17.7 Å². The van der Waals surface area contributed by atoms with Crippen LogP contribution in [-0.4, -0.2) is 12.5 Å². The van der Waals surface area contributed by atoms with Crippen LogP contribution in [0.5, 0.6) is 0 Å². The van der Waals surface area contributed by atoms with Crippen LogP contribution in [0.25, 0.3) is 0 Å². The summed E-state index contributed by atoms with van der Waals surface area (Å²) in [4.78, 5) is 10.5. The number of anilines is 1. The van der Waals surface area contributed by atoms with Gasteiger partial charge in [0.25, 0.3) is 0 Å². The second-order valence-electron chi connectivity index (χ2n) is 2.92. The molecule has 1 rings (SSSR count). The number of nitrogens with one attached hydrogen (secondary N) is 1. The fourth-order valence-electron chi connectivity index (χ4n) is 1.11. The fourth-order valence-corrected chi connectivity index (χ4v) is 1.32. The third-order valence-corrected chi connectivity index (χ3v) is 2.13. The zero-order chi connectivity index (χ0) is 11.3. The molecular weight excluding hydrogens is 214 g/mol. The van der Waals surface area contributed by atoms with E-state index in [9.17, 15) is 4.79 Å². The number of hydrogen-bond acceptors (Lipinski definition) is 3. The van der Waals surface area contributed by atoms with E-state index in [1.807, 2.05) is 6.07 Å². The molecule has 5 heteroatoms. The average Bonchev–Trinajstić information content (AvgIpc) is 2.17. The third-order valence-electron chi connectivity index (χ3n) is 1.81. The van der Waals surface area contributed by atoms with Crippen LogP contribution >= 0.6 is 11.6 Å². The molecule has 0 saturated carbocycles. The maximum Gasteiger partial charge on any atom is 0.219 e. The fraction of sp³-hybridized carbons (Fsp3) is 0.200. The number of nitrogens with zero attached hydrogens (tertiary/aromatic N) is 1. The van der Waals surface area contributed by atoms with Gasteiger partial charge in [0.05, 0.1) is 16.3 Å². The second kappa shape index (κ2) is 5.23. The lowest BCUT2D eigenvalue weighted by molar-refractivity contribution is -0.117. The number of carbonyl (C=O) groups excluding carboxylic acids is 1. The summed E-state index contributed by atoms with van der Waals surface area (Å²) in [7, 11) is 0. The number of rotatable bonds is 4. The van der Waals surface area contributed by atoms with Crippen molar-refractivity contribution >= 4 is 23.2 Å². The van der Waals surface area contributed by atoms with Crippen molar-refractivity contribution in [3.8, 4) is 6.07 Å². The minimum Gasteiger partial charge on any atom is -0.383 e. The summed E-state index contributed by atoms with van der Waals surface area (Å²) in [5.41, 5.74) is 5.98. The van der Waals surface area contributed by atoms with Crippen LogP contribution in [0.15, 0.2) is 18.2 Å². The summed E-state index contributed by atoms with van der Waals surface area (Å²) in [6, 6.07) is 7.09. The van der Waals surface area contributed by atoms with E-state index in [1.54, 1.807) is 18.2 Å². The summed E-state index contributed by atoms with van der Waals surface area (Å²) >= 11 is 5.82. The highest BCUT2D eigenvalue weighted by Gasteiger charge is 2.05. The molecule has 0 heterocycles. The number of nitriles is 1. The van der Waals surface area contributed by atoms with Crippen LogP contribution in [-0.2, 0) is 4.79 Å². The van der Waals surface area contributed by atoms with Crippen molar-refractivity contribution in [3.05, 3.63) is 28.8 Å². The second-order valence-corrected chi connectivity index (χ2v) is 3.32. The van der Waals surface area contributed by atoms with Crippen molar-refractivity contribution in [2.75, 3.05) is 11.9 Å². The van der Waals surface area contributed by atoms with E-state index in [2.05, 4.69) is 5.32 Å². The van der Waals surface area contributed by atoms with Crippen molar-refractivity contribution in [2.45, 2.75) is 6.42 Å². The Morgan fingerprint density at radius 2 is 2.33 bits per heavy atom. The van der Waals surface area contributed by atoms with Gasteiger partial charge in [0.1, 0.15) is 6.07 Å². The van der Waals surface area contributed by atoms with Crippen molar-refractivity contribution in [1.82, 2.24) is 0 Å². The lowest BCUT2D eigenvalue weighted by Gasteiger charge is -2.07. The average molecular weight is 224 g/mol. The number of amides is 1. The van der Waals surface area contributed by atoms with E-state index in [1.165, 1.54) is 0 Å². The predicted molar refractivity (Wildman–Crippen MR) is 58.5 cm³/mol. The molecule has 0 aliphatic carbocycles. The Morgan fingerprint density at radius 3 is 2.93 bits per heavy atom. The van der Waals surface area contributed by atoms with Gasteiger partial charge >= 0.3 is 0 Å². The summed E-state index contributed by atoms with van der Waals surface area (Å²) < 4.78 is 0. The van der Waals surface area contributed by atoms with Gasteiger partial charge in [-0.2, -0.15) is 5.26 Å². The lowest BCUT2D eigenvalue weighted by Crippen LogP contribution is -2.16. The number of nitrogens with two attached hydrogens (primary N) is 1. The van der Waals surface area contributed by atoms with E-state index >= 15 is 0 Å². The SMILES string of the molecule is N#Cc1c(Cl)cccc1NCCC(N)=O. The molecule has 0 aromatic heterocycles. The smallest absolute Gasteiger partial charge is 0.219 e. The van der Waals surface area contributed by atoms with Crippen molar-refractivity contribution in [2.24, 2.45) is 5.73 Å². The van der Waals surface area contributed by atoms with Crippen molar-refractivity contribution < 1.29 is 4.79 Å². The van der Waals surface area contributed by atoms with E-state index in [0.717, 1.165) is 0 Å². The predicted octanol–water partition coefficient (Wildman–Crippen LogP) is 1.50. The maximum atomic E-state index is 10.5. The zero-order valence-electron chi connectivity index (χ0n) is 7.96. The van der Waals surface area contributed by atoms with Crippen LogP contribution in [0.3, 0.4) is 0 Å². The van der Waals surface area contributed by atoms with Gasteiger partial charge < -0.3 is 11.1 Å². The van der Waals surface area contributed by atoms with Crippen LogP contribution < -0.4 is 11.1 Å². The highest BCUT2D eigenvalue weighted by molar-refractivity contribution is 6.32. The molecule has 1 aromatic rings. The minimum atomic E-state index is -0.386. The van der Waals surface area contributed by atoms with Gasteiger partial charge in [-0.3, -0.25) is 4.79 Å². The molecule has 0 atom stereocenters. The molecule has 1 aromatic carbocycles. The molecule has 0 aliphatic rings. The number of hydrogen-bond donors (Lipinski definition) is 2. The van der Waals surface area contributed by atoms with Gasteiger partial charge in [-0.25, -0.2) is 0 Å². The molecule has 0 fully saturated rings. The van der Waals surface area contributed by atoms with E-state index in [0.29, 0.717) is 22.8 Å². The van der Waals surface area contributed by atoms with E-state index in [-0.39, 0.29) is 12.3 Å². The molecule has 0 radical (unpaired) electrons. The highest BCUT2D eigenvalue weighted by Crippen LogP contribution is 2.22. The Labute approximate surface area is 92.6 Å². The molecule has 4 nitrogen and oxygen atoms in total. The molecule has 0 unspecified atom stereocenters. The summed E-state index contributed by atoms with van der Waals surface area (Å²) in [6.07, 6.45) is 0.220. The van der Waals surface area contributed by atoms with Gasteiger partial charge in [-0.05, 0) is 12.1 Å². The summed E-state index contributed by atoms with van der Waals surface area (Å²) in [5, 5.41) is 12.2. The van der Waals surface area contributed by atoms with E-state index in [4.69, 9.17) is 22.6 Å². The molecule has 3 N–H and O–H groups in total. The Bertz CT molecular complexity index is 412. The number of halogens is 1. The Kier molecular flexibility index (Phi) is 3.95. The van der Waals surface area contributed by atoms with Crippen molar-refractivity contribution in [3.63, 3.8) is 0 Å². The normalized spacial score (nSPS) is 9.33. The first-order valence-electron chi connectivity index (χ1n) is 4.36. The quantitative estimate of drug-likeness (QED) is 0.812. The third kappa shape index (κ3) is 3.15. The first-order valence-corrected chi connectivity index (χ1v) is 4.73. The van der Waals surface area contributed by atoms with E-state index < -0.39 is 0 Å². The van der Waals surface area contributed by atoms with Crippen LogP contribution in [0.2, 0.25) is 5.02 Å². The largest absolute Gasteiger partial charge is 0.383 e. The Balaban J connectivity index is 2.73. The Morgan fingerprint density at radius 1 is 1.60 bits per heavy atom. The molecule has 15 heavy (non-hydrogen) atoms. The molecule has 0 saturated heterocycles. The number of benzene rings is 1. The van der Waals surface area contributed by atoms with Crippen LogP contribution in [0.1, 0.15) is 12.0 Å².